The van der Waals surface area contributed by atoms with Gasteiger partial charge in [-0.05, 0) is 56.0 Å². The van der Waals surface area contributed by atoms with Gasteiger partial charge in [0.2, 0.25) is 5.91 Å². The fraction of sp³-hybridized carbons (Fsp3) is 0.444. The topological polar surface area (TPSA) is 59.0 Å². The van der Waals surface area contributed by atoms with Gasteiger partial charge in [-0.25, -0.2) is 0 Å². The van der Waals surface area contributed by atoms with Crippen molar-refractivity contribution in [2.24, 2.45) is 5.92 Å². The summed E-state index contributed by atoms with van der Waals surface area (Å²) in [6.45, 7) is 3.06. The number of carbonyl (C=O) groups excluding carboxylic acids is 1. The van der Waals surface area contributed by atoms with E-state index in [2.05, 4.69) is 0 Å². The fourth-order valence-corrected chi connectivity index (χ4v) is 5.30. The minimum absolute atomic E-state index is 0.00458. The number of benzene rings is 2. The van der Waals surface area contributed by atoms with Gasteiger partial charge in [0.1, 0.15) is 11.5 Å². The highest BCUT2D eigenvalue weighted by Crippen LogP contribution is 2.50. The van der Waals surface area contributed by atoms with Gasteiger partial charge in [0, 0.05) is 24.1 Å². The van der Waals surface area contributed by atoms with Crippen LogP contribution in [0.5, 0.6) is 11.5 Å². The summed E-state index contributed by atoms with van der Waals surface area (Å²) >= 11 is 0. The summed E-state index contributed by atoms with van der Waals surface area (Å²) in [6, 6.07) is 15.4. The molecule has 1 N–H and O–H groups in total. The lowest BCUT2D eigenvalue weighted by Crippen LogP contribution is -2.56. The van der Waals surface area contributed by atoms with Gasteiger partial charge in [0.25, 0.3) is 0 Å². The van der Waals surface area contributed by atoms with Crippen LogP contribution >= 0.6 is 0 Å². The second-order valence-electron chi connectivity index (χ2n) is 8.76. The van der Waals surface area contributed by atoms with E-state index in [0.29, 0.717) is 19.6 Å². The van der Waals surface area contributed by atoms with E-state index in [1.165, 1.54) is 0 Å². The number of methoxy groups -OCH3 is 1. The highest BCUT2D eigenvalue weighted by atomic mass is 16.5. The number of aliphatic hydroxyl groups is 1. The fourth-order valence-electron chi connectivity index (χ4n) is 5.30. The van der Waals surface area contributed by atoms with Gasteiger partial charge in [-0.15, -0.1) is 0 Å². The lowest BCUT2D eigenvalue weighted by molar-refractivity contribution is -0.151. The smallest absolute Gasteiger partial charge is 0.247 e. The number of amides is 1. The molecule has 32 heavy (non-hydrogen) atoms. The quantitative estimate of drug-likeness (QED) is 0.649. The van der Waals surface area contributed by atoms with Gasteiger partial charge in [-0.1, -0.05) is 43.2 Å². The molecule has 1 saturated carbocycles. The molecule has 0 aromatic heterocycles. The SMILES string of the molecule is CCOc1ccccc1[C@@H]1[C@H]2CCCC[C@]2(O)CCN1C(=O)C=Cc1ccc(OC)cc1. The first-order valence-corrected chi connectivity index (χ1v) is 11.6. The molecule has 5 nitrogen and oxygen atoms in total. The highest BCUT2D eigenvalue weighted by Gasteiger charge is 2.50. The van der Waals surface area contributed by atoms with Gasteiger partial charge in [-0.2, -0.15) is 0 Å². The van der Waals surface area contributed by atoms with Crippen LogP contribution in [0.2, 0.25) is 0 Å². The van der Waals surface area contributed by atoms with E-state index in [-0.39, 0.29) is 17.9 Å². The summed E-state index contributed by atoms with van der Waals surface area (Å²) in [5.74, 6) is 1.55. The van der Waals surface area contributed by atoms with E-state index in [1.54, 1.807) is 13.2 Å². The van der Waals surface area contributed by atoms with Crippen molar-refractivity contribution in [2.45, 2.75) is 50.7 Å². The Morgan fingerprint density at radius 3 is 2.69 bits per heavy atom. The summed E-state index contributed by atoms with van der Waals surface area (Å²) in [4.78, 5) is 15.4. The van der Waals surface area contributed by atoms with E-state index in [0.717, 1.165) is 48.3 Å². The van der Waals surface area contributed by atoms with Crippen LogP contribution in [0, 0.1) is 5.92 Å². The van der Waals surface area contributed by atoms with Crippen LogP contribution in [0.1, 0.15) is 56.2 Å². The molecule has 0 radical (unpaired) electrons. The average molecular weight is 436 g/mol. The van der Waals surface area contributed by atoms with Crippen LogP contribution in [0.4, 0.5) is 0 Å². The van der Waals surface area contributed by atoms with E-state index in [9.17, 15) is 9.90 Å². The molecule has 0 unspecified atom stereocenters. The molecule has 170 valence electrons. The second-order valence-corrected chi connectivity index (χ2v) is 8.76. The highest BCUT2D eigenvalue weighted by molar-refractivity contribution is 5.92. The maximum atomic E-state index is 13.4. The van der Waals surface area contributed by atoms with Crippen LogP contribution in [-0.4, -0.2) is 41.8 Å². The maximum Gasteiger partial charge on any atom is 0.247 e. The minimum atomic E-state index is -0.723. The van der Waals surface area contributed by atoms with E-state index >= 15 is 0 Å². The number of rotatable bonds is 6. The second kappa shape index (κ2) is 9.78. The Bertz CT molecular complexity index is 954. The molecule has 1 amide bonds. The summed E-state index contributed by atoms with van der Waals surface area (Å²) in [5.41, 5.74) is 1.21. The number of para-hydroxylation sites is 1. The van der Waals surface area contributed by atoms with Crippen LogP contribution in [0.3, 0.4) is 0 Å². The zero-order valence-corrected chi connectivity index (χ0v) is 19.0. The number of ether oxygens (including phenoxy) is 2. The molecule has 1 heterocycles. The molecule has 2 aromatic rings. The normalized spacial score (nSPS) is 25.4. The molecule has 2 aliphatic rings. The van der Waals surface area contributed by atoms with Crippen LogP contribution < -0.4 is 9.47 Å². The number of carbonyl (C=O) groups is 1. The Morgan fingerprint density at radius 1 is 1.16 bits per heavy atom. The molecule has 2 fully saturated rings. The van der Waals surface area contributed by atoms with Crippen LogP contribution in [-0.2, 0) is 4.79 Å². The Balaban J connectivity index is 1.66. The Morgan fingerprint density at radius 2 is 1.94 bits per heavy atom. The van der Waals surface area contributed by atoms with E-state index < -0.39 is 5.60 Å². The molecule has 1 aliphatic carbocycles. The Labute approximate surface area is 190 Å². The Kier molecular flexibility index (Phi) is 6.85. The zero-order chi connectivity index (χ0) is 22.6. The number of hydrogen-bond acceptors (Lipinski definition) is 4. The molecule has 4 rings (SSSR count). The Hall–Kier alpha value is -2.79. The first-order valence-electron chi connectivity index (χ1n) is 11.6. The minimum Gasteiger partial charge on any atom is -0.497 e. The molecule has 3 atom stereocenters. The standard InChI is InChI=1S/C27H33NO4/c1-3-32-24-10-5-4-8-22(24)26-23-9-6-7-17-27(23,30)18-19-28(26)25(29)16-13-20-11-14-21(31-2)15-12-20/h4-5,8,10-16,23,26,30H,3,6-7,9,17-19H2,1-2H3/t23-,26-,27+/m1/s1. The number of nitrogens with zero attached hydrogens (tertiary/aromatic N) is 1. The third kappa shape index (κ3) is 4.53. The van der Waals surface area contributed by atoms with E-state index in [1.807, 2.05) is 66.4 Å². The van der Waals surface area contributed by atoms with Gasteiger partial charge >= 0.3 is 0 Å². The molecule has 1 aliphatic heterocycles. The number of fused-ring (bicyclic) bond motifs is 1. The van der Waals surface area contributed by atoms with Crippen LogP contribution in [0.25, 0.3) is 6.08 Å². The monoisotopic (exact) mass is 435 g/mol. The molecule has 5 heteroatoms. The van der Waals surface area contributed by atoms with Gasteiger partial charge in [0.05, 0.1) is 25.4 Å². The molecule has 0 bridgehead atoms. The summed E-state index contributed by atoms with van der Waals surface area (Å²) in [7, 11) is 1.64. The van der Waals surface area contributed by atoms with Crippen LogP contribution in [0.15, 0.2) is 54.6 Å². The predicted molar refractivity (Wildman–Crippen MR) is 126 cm³/mol. The van der Waals surface area contributed by atoms with Crippen molar-refractivity contribution in [1.82, 2.24) is 4.90 Å². The van der Waals surface area contributed by atoms with Crippen molar-refractivity contribution >= 4 is 12.0 Å². The molecular weight excluding hydrogens is 402 g/mol. The van der Waals surface area contributed by atoms with E-state index in [4.69, 9.17) is 9.47 Å². The molecule has 0 spiro atoms. The van der Waals surface area contributed by atoms with Crippen molar-refractivity contribution in [3.8, 4) is 11.5 Å². The largest absolute Gasteiger partial charge is 0.497 e. The number of hydrogen-bond donors (Lipinski definition) is 1. The summed E-state index contributed by atoms with van der Waals surface area (Å²) in [5, 5.41) is 11.5. The lowest BCUT2D eigenvalue weighted by atomic mass is 9.66. The van der Waals surface area contributed by atoms with Crippen molar-refractivity contribution in [3.05, 3.63) is 65.7 Å². The lowest BCUT2D eigenvalue weighted by Gasteiger charge is -2.52. The third-order valence-electron chi connectivity index (χ3n) is 6.92. The maximum absolute atomic E-state index is 13.4. The van der Waals surface area contributed by atoms with Gasteiger partial charge < -0.3 is 19.5 Å². The summed E-state index contributed by atoms with van der Waals surface area (Å²) in [6.07, 6.45) is 7.93. The average Bonchev–Trinajstić information content (AvgIpc) is 2.82. The van der Waals surface area contributed by atoms with Gasteiger partial charge in [0.15, 0.2) is 0 Å². The van der Waals surface area contributed by atoms with Crippen molar-refractivity contribution in [1.29, 1.82) is 0 Å². The first-order chi connectivity index (χ1) is 15.6. The third-order valence-corrected chi connectivity index (χ3v) is 6.92. The zero-order valence-electron chi connectivity index (χ0n) is 19.0. The molecular formula is C27H33NO4. The predicted octanol–water partition coefficient (Wildman–Crippen LogP) is 5.00. The van der Waals surface area contributed by atoms with Crippen molar-refractivity contribution in [2.75, 3.05) is 20.3 Å². The van der Waals surface area contributed by atoms with Gasteiger partial charge in [-0.3, -0.25) is 4.79 Å². The number of likely N-dealkylation sites (tertiary alicyclic amines) is 1. The summed E-state index contributed by atoms with van der Waals surface area (Å²) < 4.78 is 11.1. The van der Waals surface area contributed by atoms with Crippen molar-refractivity contribution < 1.29 is 19.4 Å². The molecule has 2 aromatic carbocycles. The number of piperidine rings is 1. The first kappa shape index (κ1) is 22.4. The van der Waals surface area contributed by atoms with Crippen molar-refractivity contribution in [3.63, 3.8) is 0 Å². The molecule has 1 saturated heterocycles.